The van der Waals surface area contributed by atoms with Crippen molar-refractivity contribution in [1.82, 2.24) is 24.9 Å². The Morgan fingerprint density at radius 1 is 0.956 bits per heavy atom. The Morgan fingerprint density at radius 3 is 2.27 bits per heavy atom. The number of hydrogen-bond donors (Lipinski definition) is 2. The number of pyridine rings is 1. The Morgan fingerprint density at radius 2 is 1.62 bits per heavy atom. The molecule has 0 radical (unpaired) electrons. The average Bonchev–Trinajstić information content (AvgIpc) is 3.54. The molecular formula is C36H39ClN8. The van der Waals surface area contributed by atoms with Crippen molar-refractivity contribution in [2.75, 3.05) is 23.7 Å². The predicted molar refractivity (Wildman–Crippen MR) is 181 cm³/mol. The van der Waals surface area contributed by atoms with Gasteiger partial charge < -0.3 is 10.6 Å². The van der Waals surface area contributed by atoms with Gasteiger partial charge in [-0.3, -0.25) is 9.88 Å². The zero-order chi connectivity index (χ0) is 31.6. The van der Waals surface area contributed by atoms with Gasteiger partial charge in [0, 0.05) is 41.9 Å². The lowest BCUT2D eigenvalue weighted by Gasteiger charge is -2.40. The topological polar surface area (TPSA) is 94.7 Å². The minimum Gasteiger partial charge on any atom is -0.377 e. The van der Waals surface area contributed by atoms with Gasteiger partial charge in [0.15, 0.2) is 0 Å². The highest BCUT2D eigenvalue weighted by molar-refractivity contribution is 6.35. The van der Waals surface area contributed by atoms with Gasteiger partial charge >= 0.3 is 0 Å². The number of likely N-dealkylation sites (tertiary alicyclic amines) is 1. The van der Waals surface area contributed by atoms with Crippen LogP contribution in [0.2, 0.25) is 5.02 Å². The number of halogens is 1. The molecule has 3 aromatic carbocycles. The van der Waals surface area contributed by atoms with E-state index in [0.717, 1.165) is 53.8 Å². The Kier molecular flexibility index (Phi) is 8.75. The van der Waals surface area contributed by atoms with Crippen LogP contribution in [-0.4, -0.2) is 43.5 Å². The normalized spacial score (nSPS) is 15.8. The van der Waals surface area contributed by atoms with E-state index in [-0.39, 0.29) is 17.6 Å². The van der Waals surface area contributed by atoms with Crippen molar-refractivity contribution in [1.29, 1.82) is 5.26 Å². The van der Waals surface area contributed by atoms with E-state index in [2.05, 4.69) is 95.1 Å². The second-order valence-electron chi connectivity index (χ2n) is 12.8. The molecule has 8 nitrogen and oxygen atoms in total. The van der Waals surface area contributed by atoms with E-state index in [9.17, 15) is 5.26 Å². The standard InChI is InChI=1S/C36H39ClN8/c1-24(25-11-7-5-8-12-25)40-33-27(21-38)22-39-35-30(33)19-28(20-31(35)37)41-34(26-13-9-6-10-14-26)32-23-45(43-42-32)29-15-17-44(18-16-29)36(2,3)4/h5-14,19-20,22-24,29,34,41H,15-18H2,1-4H3,(H,39,40). The monoisotopic (exact) mass is 618 g/mol. The van der Waals surface area contributed by atoms with E-state index in [1.54, 1.807) is 6.20 Å². The molecule has 2 atom stereocenters. The van der Waals surface area contributed by atoms with Crippen LogP contribution in [0.1, 0.15) is 81.0 Å². The first-order valence-electron chi connectivity index (χ1n) is 15.5. The van der Waals surface area contributed by atoms with Gasteiger partial charge in [-0.15, -0.1) is 5.10 Å². The molecule has 2 unspecified atom stereocenters. The molecule has 2 aromatic heterocycles. The summed E-state index contributed by atoms with van der Waals surface area (Å²) in [7, 11) is 0. The minimum absolute atomic E-state index is 0.0401. The fraction of sp³-hybridized carbons (Fsp3) is 0.333. The summed E-state index contributed by atoms with van der Waals surface area (Å²) in [6, 6.07) is 26.6. The van der Waals surface area contributed by atoms with Crippen LogP contribution in [-0.2, 0) is 0 Å². The van der Waals surface area contributed by atoms with E-state index in [0.29, 0.717) is 27.8 Å². The van der Waals surface area contributed by atoms with Crippen LogP contribution in [0.5, 0.6) is 0 Å². The molecule has 3 heterocycles. The van der Waals surface area contributed by atoms with Crippen LogP contribution >= 0.6 is 11.6 Å². The lowest BCUT2D eigenvalue weighted by molar-refractivity contribution is 0.0866. The Bertz CT molecular complexity index is 1800. The number of piperidine rings is 1. The lowest BCUT2D eigenvalue weighted by Crippen LogP contribution is -2.46. The van der Waals surface area contributed by atoms with Crippen LogP contribution in [0.3, 0.4) is 0 Å². The average molecular weight is 619 g/mol. The number of nitrogens with one attached hydrogen (secondary N) is 2. The number of anilines is 2. The Balaban J connectivity index is 1.33. The minimum atomic E-state index is -0.269. The molecule has 9 heteroatoms. The summed E-state index contributed by atoms with van der Waals surface area (Å²) >= 11 is 6.86. The Hall–Kier alpha value is -4.45. The fourth-order valence-electron chi connectivity index (χ4n) is 6.17. The smallest absolute Gasteiger partial charge is 0.109 e. The van der Waals surface area contributed by atoms with Gasteiger partial charge in [0.25, 0.3) is 0 Å². The van der Waals surface area contributed by atoms with Crippen molar-refractivity contribution in [3.8, 4) is 6.07 Å². The van der Waals surface area contributed by atoms with E-state index in [1.807, 2.05) is 53.2 Å². The third-order valence-corrected chi connectivity index (χ3v) is 9.05. The summed E-state index contributed by atoms with van der Waals surface area (Å²) in [5.41, 5.74) is 5.75. The van der Waals surface area contributed by atoms with Gasteiger partial charge in [-0.2, -0.15) is 5.26 Å². The van der Waals surface area contributed by atoms with Crippen LogP contribution in [0.15, 0.2) is 85.2 Å². The molecule has 230 valence electrons. The highest BCUT2D eigenvalue weighted by Crippen LogP contribution is 2.37. The fourth-order valence-corrected chi connectivity index (χ4v) is 6.44. The highest BCUT2D eigenvalue weighted by Gasteiger charge is 2.29. The second-order valence-corrected chi connectivity index (χ2v) is 13.2. The molecule has 1 aliphatic rings. The molecule has 1 aliphatic heterocycles. The van der Waals surface area contributed by atoms with E-state index in [4.69, 9.17) is 11.6 Å². The molecule has 0 spiro atoms. The summed E-state index contributed by atoms with van der Waals surface area (Å²) < 4.78 is 2.04. The van der Waals surface area contributed by atoms with Crippen molar-refractivity contribution >= 4 is 33.9 Å². The lowest BCUT2D eigenvalue weighted by atomic mass is 9.98. The molecule has 0 saturated carbocycles. The molecular weight excluding hydrogens is 580 g/mol. The largest absolute Gasteiger partial charge is 0.377 e. The number of hydrogen-bond acceptors (Lipinski definition) is 7. The molecule has 2 N–H and O–H groups in total. The van der Waals surface area contributed by atoms with Crippen LogP contribution < -0.4 is 10.6 Å². The number of fused-ring (bicyclic) bond motifs is 1. The Labute approximate surface area is 270 Å². The van der Waals surface area contributed by atoms with E-state index in [1.165, 1.54) is 0 Å². The first-order valence-corrected chi connectivity index (χ1v) is 15.9. The quantitative estimate of drug-likeness (QED) is 0.181. The second kappa shape index (κ2) is 12.9. The molecule has 6 rings (SSSR count). The van der Waals surface area contributed by atoms with Gasteiger partial charge in [0.2, 0.25) is 0 Å². The van der Waals surface area contributed by atoms with Crippen molar-refractivity contribution in [3.63, 3.8) is 0 Å². The number of nitrogens with zero attached hydrogens (tertiary/aromatic N) is 6. The van der Waals surface area contributed by atoms with Gasteiger partial charge in [-0.25, -0.2) is 4.68 Å². The maximum atomic E-state index is 10.0. The molecule has 0 aliphatic carbocycles. The SMILES string of the molecule is CC(Nc1c(C#N)cnc2c(Cl)cc(NC(c3ccccc3)c3cn(C4CCN(C(C)(C)C)CC4)nn3)cc12)c1ccccc1. The predicted octanol–water partition coefficient (Wildman–Crippen LogP) is 8.16. The van der Waals surface area contributed by atoms with Crippen molar-refractivity contribution in [2.45, 2.75) is 64.2 Å². The van der Waals surface area contributed by atoms with Gasteiger partial charge in [0.05, 0.1) is 40.1 Å². The summed E-state index contributed by atoms with van der Waals surface area (Å²) in [5.74, 6) is 0. The molecule has 1 fully saturated rings. The summed E-state index contributed by atoms with van der Waals surface area (Å²) in [5, 5.41) is 27.8. The first kappa shape index (κ1) is 30.6. The molecule has 45 heavy (non-hydrogen) atoms. The van der Waals surface area contributed by atoms with Crippen LogP contribution in [0.25, 0.3) is 10.9 Å². The molecule has 5 aromatic rings. The van der Waals surface area contributed by atoms with Crippen molar-refractivity contribution < 1.29 is 0 Å². The number of aromatic nitrogens is 4. The first-order chi connectivity index (χ1) is 21.7. The summed E-state index contributed by atoms with van der Waals surface area (Å²) in [4.78, 5) is 7.09. The third kappa shape index (κ3) is 6.65. The zero-order valence-corrected chi connectivity index (χ0v) is 27.0. The van der Waals surface area contributed by atoms with Crippen LogP contribution in [0.4, 0.5) is 11.4 Å². The van der Waals surface area contributed by atoms with Gasteiger partial charge in [-0.1, -0.05) is 77.5 Å². The van der Waals surface area contributed by atoms with Crippen LogP contribution in [0, 0.1) is 11.3 Å². The summed E-state index contributed by atoms with van der Waals surface area (Å²) in [6.45, 7) is 11.0. The highest BCUT2D eigenvalue weighted by atomic mass is 35.5. The number of benzene rings is 3. The van der Waals surface area contributed by atoms with Crippen molar-refractivity contribution in [2.24, 2.45) is 0 Å². The van der Waals surface area contributed by atoms with E-state index < -0.39 is 0 Å². The summed E-state index contributed by atoms with van der Waals surface area (Å²) in [6.07, 6.45) is 5.73. The van der Waals surface area contributed by atoms with E-state index >= 15 is 0 Å². The zero-order valence-electron chi connectivity index (χ0n) is 26.2. The van der Waals surface area contributed by atoms with Crippen molar-refractivity contribution in [3.05, 3.63) is 113 Å². The maximum Gasteiger partial charge on any atom is 0.109 e. The maximum absolute atomic E-state index is 10.0. The number of nitriles is 1. The number of rotatable bonds is 8. The third-order valence-electron chi connectivity index (χ3n) is 8.76. The molecule has 0 bridgehead atoms. The molecule has 0 amide bonds. The molecule has 1 saturated heterocycles. The van der Waals surface area contributed by atoms with Gasteiger partial charge in [-0.05, 0) is 63.8 Å². The van der Waals surface area contributed by atoms with Gasteiger partial charge in [0.1, 0.15) is 11.8 Å².